The van der Waals surface area contributed by atoms with Crippen LogP contribution in [0.3, 0.4) is 0 Å². The van der Waals surface area contributed by atoms with Crippen LogP contribution in [0.4, 0.5) is 26.3 Å². The molecule has 3 heterocycles. The molecule has 294 valence electrons. The van der Waals surface area contributed by atoms with Crippen LogP contribution in [0, 0.1) is 0 Å². The van der Waals surface area contributed by atoms with Crippen molar-refractivity contribution in [3.8, 4) is 0 Å². The average Bonchev–Trinajstić information content (AvgIpc) is 3.89. The summed E-state index contributed by atoms with van der Waals surface area (Å²) in [4.78, 5) is 62.8. The van der Waals surface area contributed by atoms with Crippen LogP contribution in [0.15, 0.2) is 81.5 Å². The van der Waals surface area contributed by atoms with Crippen molar-refractivity contribution in [2.24, 2.45) is 5.73 Å². The van der Waals surface area contributed by atoms with Gasteiger partial charge in [0, 0.05) is 47.8 Å². The molecule has 3 aromatic heterocycles. The van der Waals surface area contributed by atoms with Gasteiger partial charge in [-0.1, -0.05) is 19.1 Å². The first-order valence-electron chi connectivity index (χ1n) is 17.0. The van der Waals surface area contributed by atoms with E-state index < -0.39 is 53.7 Å². The monoisotopic (exact) mass is 849 g/mol. The molecular weight excluding hydrogens is 817 g/mol. The van der Waals surface area contributed by atoms with Gasteiger partial charge >= 0.3 is 12.4 Å². The Labute approximate surface area is 334 Å². The molecule has 5 rings (SSSR count). The molecule has 0 aliphatic carbocycles. The number of nitrogens with zero attached hydrogens (tertiary/aromatic N) is 2. The second-order valence-corrected chi connectivity index (χ2v) is 16.5. The molecule has 5 aromatic rings. The van der Waals surface area contributed by atoms with Gasteiger partial charge in [-0.25, -0.2) is 9.97 Å². The third-order valence-electron chi connectivity index (χ3n) is 8.19. The number of halogens is 6. The summed E-state index contributed by atoms with van der Waals surface area (Å²) in [6, 6.07) is 11.0. The minimum absolute atomic E-state index is 0.0186. The number of hydrogen-bond acceptors (Lipinski definition) is 11. The van der Waals surface area contributed by atoms with E-state index >= 15 is 0 Å². The summed E-state index contributed by atoms with van der Waals surface area (Å²) in [5, 5.41) is 3.36. The molecule has 2 aromatic carbocycles. The molecule has 0 bridgehead atoms. The first-order valence-corrected chi connectivity index (χ1v) is 20.8. The summed E-state index contributed by atoms with van der Waals surface area (Å²) >= 11 is 4.65. The number of carbonyl (C=O) groups excluding carboxylic acids is 4. The number of benzene rings is 2. The van der Waals surface area contributed by atoms with Gasteiger partial charge in [-0.2, -0.15) is 26.3 Å². The standard InChI is InChI=1S/C39H33F6N3O4S4/c1-2-8-55-36-22(12-26(38(40,41)42)14-24(36)18-32(51)34-5-3-9-53-34)16-30(49)28-20-29(48-21-47-28)31(50)17-23-13-27(39(43,44)45)15-25(37(23)56-11-7-46)19-33(52)35-6-4-10-54-35/h3-6,9-10,12-15,20-21H,2,7-8,11,16-19,46H2,1H3. The highest BCUT2D eigenvalue weighted by Crippen LogP contribution is 2.39. The van der Waals surface area contributed by atoms with Gasteiger partial charge in [-0.15, -0.1) is 46.2 Å². The number of aromatic nitrogens is 2. The quantitative estimate of drug-likeness (QED) is 0.0522. The minimum atomic E-state index is -4.81. The zero-order chi connectivity index (χ0) is 40.6. The fraction of sp³-hybridized carbons (Fsp3) is 0.282. The Morgan fingerprint density at radius 3 is 1.36 bits per heavy atom. The van der Waals surface area contributed by atoms with Gasteiger partial charge in [-0.05, 0) is 87.7 Å². The summed E-state index contributed by atoms with van der Waals surface area (Å²) in [5.74, 6) is -1.52. The van der Waals surface area contributed by atoms with E-state index in [0.29, 0.717) is 31.7 Å². The predicted octanol–water partition coefficient (Wildman–Crippen LogP) is 9.89. The van der Waals surface area contributed by atoms with Gasteiger partial charge in [0.05, 0.1) is 20.9 Å². The van der Waals surface area contributed by atoms with Crippen molar-refractivity contribution in [1.82, 2.24) is 9.97 Å². The van der Waals surface area contributed by atoms with Crippen LogP contribution in [0.1, 0.15) is 87.0 Å². The van der Waals surface area contributed by atoms with Gasteiger partial charge in [0.1, 0.15) is 17.7 Å². The molecule has 7 nitrogen and oxygen atoms in total. The maximum Gasteiger partial charge on any atom is 0.416 e. The van der Waals surface area contributed by atoms with Crippen LogP contribution in [-0.2, 0) is 38.0 Å². The maximum absolute atomic E-state index is 14.1. The van der Waals surface area contributed by atoms with Gasteiger partial charge in [0.15, 0.2) is 23.1 Å². The first kappa shape index (κ1) is 43.0. The SMILES string of the molecule is CCCSc1c(CC(=O)c2cc(C(=O)Cc3cc(C(F)(F)F)cc(CC(=O)c4cccs4)c3SCCN)ncn2)cc(C(F)(F)F)cc1CC(=O)c1cccs1. The molecular formula is C39H33F6N3O4S4. The van der Waals surface area contributed by atoms with E-state index in [1.54, 1.807) is 35.0 Å². The van der Waals surface area contributed by atoms with Crippen LogP contribution in [0.5, 0.6) is 0 Å². The van der Waals surface area contributed by atoms with Crippen LogP contribution in [0.25, 0.3) is 0 Å². The van der Waals surface area contributed by atoms with Crippen molar-refractivity contribution >= 4 is 69.3 Å². The van der Waals surface area contributed by atoms with Crippen molar-refractivity contribution in [3.63, 3.8) is 0 Å². The lowest BCUT2D eigenvalue weighted by Gasteiger charge is -2.18. The number of thioether (sulfide) groups is 2. The normalized spacial score (nSPS) is 11.9. The predicted molar refractivity (Wildman–Crippen MR) is 206 cm³/mol. The lowest BCUT2D eigenvalue weighted by molar-refractivity contribution is -0.138. The molecule has 0 radical (unpaired) electrons. The number of Topliss-reactive ketones (excluding diaryl/α,β-unsaturated/α-hetero) is 4. The van der Waals surface area contributed by atoms with Crippen LogP contribution < -0.4 is 5.73 Å². The number of rotatable bonds is 18. The van der Waals surface area contributed by atoms with Crippen molar-refractivity contribution in [3.05, 3.63) is 126 Å². The van der Waals surface area contributed by atoms with Crippen molar-refractivity contribution < 1.29 is 45.5 Å². The Kier molecular flexibility index (Phi) is 14.5. The summed E-state index contributed by atoms with van der Waals surface area (Å²) in [5.41, 5.74) is 3.22. The fourth-order valence-corrected chi connectivity index (χ4v) is 9.01. The molecule has 56 heavy (non-hydrogen) atoms. The summed E-state index contributed by atoms with van der Waals surface area (Å²) in [7, 11) is 0. The molecule has 0 spiro atoms. The molecule has 17 heteroatoms. The Hall–Kier alpha value is -4.16. The summed E-state index contributed by atoms with van der Waals surface area (Å²) in [6.45, 7) is 2.04. The highest BCUT2D eigenvalue weighted by atomic mass is 32.2. The van der Waals surface area contributed by atoms with Crippen LogP contribution >= 0.6 is 46.2 Å². The van der Waals surface area contributed by atoms with E-state index in [9.17, 15) is 45.5 Å². The van der Waals surface area contributed by atoms with E-state index in [2.05, 4.69) is 9.97 Å². The molecule has 0 unspecified atom stereocenters. The number of alkyl halides is 6. The Morgan fingerprint density at radius 2 is 1.02 bits per heavy atom. The zero-order valence-electron chi connectivity index (χ0n) is 29.6. The number of hydrogen-bond donors (Lipinski definition) is 1. The average molecular weight is 850 g/mol. The Morgan fingerprint density at radius 1 is 0.625 bits per heavy atom. The van der Waals surface area contributed by atoms with E-state index in [0.717, 1.165) is 71.1 Å². The van der Waals surface area contributed by atoms with Gasteiger partial charge in [0.25, 0.3) is 0 Å². The van der Waals surface area contributed by atoms with Crippen molar-refractivity contribution in [2.45, 2.75) is 61.2 Å². The summed E-state index contributed by atoms with van der Waals surface area (Å²) < 4.78 is 84.8. The lowest BCUT2D eigenvalue weighted by atomic mass is 9.96. The van der Waals surface area contributed by atoms with E-state index in [-0.39, 0.29) is 64.6 Å². The number of carbonyl (C=O) groups is 4. The topological polar surface area (TPSA) is 120 Å². The molecule has 0 atom stereocenters. The maximum atomic E-state index is 14.1. The first-order chi connectivity index (χ1) is 26.6. The van der Waals surface area contributed by atoms with E-state index in [4.69, 9.17) is 5.73 Å². The molecule has 0 saturated heterocycles. The molecule has 0 aliphatic heterocycles. The third-order valence-corrected chi connectivity index (χ3v) is 12.7. The van der Waals surface area contributed by atoms with Crippen LogP contribution in [-0.4, -0.2) is 51.2 Å². The Balaban J connectivity index is 1.47. The van der Waals surface area contributed by atoms with E-state index in [1.807, 2.05) is 6.92 Å². The Bertz CT molecular complexity index is 2050. The second-order valence-electron chi connectivity index (χ2n) is 12.4. The highest BCUT2D eigenvalue weighted by molar-refractivity contribution is 7.99. The largest absolute Gasteiger partial charge is 0.416 e. The van der Waals surface area contributed by atoms with Gasteiger partial charge < -0.3 is 5.73 Å². The molecule has 0 saturated carbocycles. The van der Waals surface area contributed by atoms with Gasteiger partial charge in [-0.3, -0.25) is 19.2 Å². The fourth-order valence-electron chi connectivity index (χ4n) is 5.68. The van der Waals surface area contributed by atoms with Crippen molar-refractivity contribution in [1.29, 1.82) is 0 Å². The number of thiophene rings is 2. The van der Waals surface area contributed by atoms with E-state index in [1.165, 1.54) is 11.8 Å². The molecule has 2 N–H and O–H groups in total. The smallest absolute Gasteiger partial charge is 0.330 e. The highest BCUT2D eigenvalue weighted by Gasteiger charge is 2.34. The second kappa shape index (κ2) is 18.9. The molecule has 0 aliphatic rings. The summed E-state index contributed by atoms with van der Waals surface area (Å²) in [6.07, 6.45) is -9.85. The minimum Gasteiger partial charge on any atom is -0.330 e. The number of ketones is 4. The van der Waals surface area contributed by atoms with Gasteiger partial charge in [0.2, 0.25) is 0 Å². The lowest BCUT2D eigenvalue weighted by Crippen LogP contribution is -2.16. The zero-order valence-corrected chi connectivity index (χ0v) is 32.9. The van der Waals surface area contributed by atoms with Crippen molar-refractivity contribution in [2.75, 3.05) is 18.1 Å². The molecule has 0 amide bonds. The third kappa shape index (κ3) is 11.0. The number of nitrogens with two attached hydrogens (primary N) is 1. The molecule has 0 fully saturated rings. The van der Waals surface area contributed by atoms with Crippen LogP contribution in [0.2, 0.25) is 0 Å².